The van der Waals surface area contributed by atoms with E-state index in [1.165, 1.54) is 0 Å². The van der Waals surface area contributed by atoms with Crippen molar-refractivity contribution in [1.82, 2.24) is 0 Å². The Hall–Kier alpha value is -1.14. The number of nitrogens with two attached hydrogens (primary N) is 3. The van der Waals surface area contributed by atoms with Gasteiger partial charge in [0.1, 0.15) is 6.04 Å². The molecule has 6 heteroatoms. The Bertz CT molecular complexity index is 229. The molecular weight excluding hydrogens is 234 g/mol. The molecule has 0 rings (SSSR count). The van der Waals surface area contributed by atoms with Gasteiger partial charge in [-0.05, 0) is 24.7 Å². The topological polar surface area (TPSA) is 132 Å². The summed E-state index contributed by atoms with van der Waals surface area (Å²) in [4.78, 5) is 20.4. The van der Waals surface area contributed by atoms with Crippen LogP contribution in [0.3, 0.4) is 0 Å². The van der Waals surface area contributed by atoms with Crippen molar-refractivity contribution in [2.75, 3.05) is 0 Å². The van der Waals surface area contributed by atoms with Gasteiger partial charge in [0.05, 0.1) is 6.04 Å². The molecule has 0 bridgehead atoms. The minimum absolute atomic E-state index is 0.357. The lowest BCUT2D eigenvalue weighted by atomic mass is 10.0. The standard InChI is InChI=1S/C6H14N2O.C6H13NO2/c2*1-4(2)3-5(7)6(8)9/h4-5H,3,7H2,1-2H3,(H2,8,9);4-5H,3,7H2,1-2H3,(H,8,9). The number of primary amides is 1. The van der Waals surface area contributed by atoms with E-state index < -0.39 is 24.0 Å². The van der Waals surface area contributed by atoms with E-state index >= 15 is 0 Å². The number of carboxylic acid groups (broad SMARTS) is 1. The summed E-state index contributed by atoms with van der Waals surface area (Å²) in [7, 11) is 0. The second-order valence-corrected chi connectivity index (χ2v) is 5.21. The van der Waals surface area contributed by atoms with E-state index in [1.54, 1.807) is 0 Å². The van der Waals surface area contributed by atoms with Crippen LogP contribution in [0.15, 0.2) is 0 Å². The average Bonchev–Trinajstić information content (AvgIpc) is 2.16. The van der Waals surface area contributed by atoms with Crippen LogP contribution in [0.2, 0.25) is 0 Å². The maximum absolute atomic E-state index is 10.3. The average molecular weight is 261 g/mol. The molecule has 0 radical (unpaired) electrons. The summed E-state index contributed by atoms with van der Waals surface area (Å²) in [6.45, 7) is 7.90. The van der Waals surface area contributed by atoms with Gasteiger partial charge in [0, 0.05) is 0 Å². The van der Waals surface area contributed by atoms with Crippen LogP contribution in [0.4, 0.5) is 0 Å². The third-order valence-electron chi connectivity index (χ3n) is 2.13. The SMILES string of the molecule is CC(C)CC(N)C(=O)O.CC(C)CC(N)C(N)=O. The molecule has 0 aromatic carbocycles. The number of carboxylic acids is 1. The number of carbonyl (C=O) groups excluding carboxylic acids is 1. The zero-order valence-corrected chi connectivity index (χ0v) is 11.7. The second kappa shape index (κ2) is 9.85. The second-order valence-electron chi connectivity index (χ2n) is 5.21. The molecule has 0 aliphatic carbocycles. The van der Waals surface area contributed by atoms with Gasteiger partial charge in [-0.1, -0.05) is 27.7 Å². The van der Waals surface area contributed by atoms with Crippen LogP contribution >= 0.6 is 0 Å². The first kappa shape index (κ1) is 19.2. The Labute approximate surface area is 109 Å². The third-order valence-corrected chi connectivity index (χ3v) is 2.13. The van der Waals surface area contributed by atoms with Crippen LogP contribution < -0.4 is 17.2 Å². The summed E-state index contributed by atoms with van der Waals surface area (Å²) < 4.78 is 0. The first-order chi connectivity index (χ1) is 8.07. The molecule has 2 atom stereocenters. The van der Waals surface area contributed by atoms with Gasteiger partial charge >= 0.3 is 5.97 Å². The van der Waals surface area contributed by atoms with Crippen molar-refractivity contribution < 1.29 is 14.7 Å². The van der Waals surface area contributed by atoms with Crippen LogP contribution in [0, 0.1) is 11.8 Å². The summed E-state index contributed by atoms with van der Waals surface area (Å²) in [6, 6.07) is -1.16. The maximum Gasteiger partial charge on any atom is 0.320 e. The van der Waals surface area contributed by atoms with Crippen LogP contribution in [0.5, 0.6) is 0 Å². The van der Waals surface area contributed by atoms with E-state index in [0.717, 1.165) is 0 Å². The number of carbonyl (C=O) groups is 2. The Kier molecular flexibility index (Phi) is 10.5. The molecule has 0 saturated heterocycles. The summed E-state index contributed by atoms with van der Waals surface area (Å²) in [5, 5.41) is 8.31. The van der Waals surface area contributed by atoms with E-state index in [-0.39, 0.29) is 0 Å². The van der Waals surface area contributed by atoms with Crippen LogP contribution in [-0.2, 0) is 9.59 Å². The number of aliphatic carboxylic acids is 1. The largest absolute Gasteiger partial charge is 0.480 e. The molecule has 0 saturated carbocycles. The van der Waals surface area contributed by atoms with Crippen LogP contribution in [0.1, 0.15) is 40.5 Å². The van der Waals surface area contributed by atoms with E-state index in [2.05, 4.69) is 0 Å². The number of hydrogen-bond acceptors (Lipinski definition) is 4. The molecule has 0 heterocycles. The number of amides is 1. The Morgan fingerprint density at radius 3 is 1.39 bits per heavy atom. The molecule has 2 unspecified atom stereocenters. The maximum atomic E-state index is 10.3. The highest BCUT2D eigenvalue weighted by Gasteiger charge is 2.12. The first-order valence-corrected chi connectivity index (χ1v) is 6.11. The molecule has 0 aliphatic rings. The van der Waals surface area contributed by atoms with Gasteiger partial charge in [-0.3, -0.25) is 9.59 Å². The highest BCUT2D eigenvalue weighted by molar-refractivity contribution is 5.79. The van der Waals surface area contributed by atoms with Crippen LogP contribution in [-0.4, -0.2) is 29.1 Å². The van der Waals surface area contributed by atoms with Gasteiger partial charge in [-0.25, -0.2) is 0 Å². The van der Waals surface area contributed by atoms with Gasteiger partial charge < -0.3 is 22.3 Å². The fourth-order valence-corrected chi connectivity index (χ4v) is 1.23. The smallest absolute Gasteiger partial charge is 0.320 e. The third kappa shape index (κ3) is 12.9. The van der Waals surface area contributed by atoms with Gasteiger partial charge in [0.2, 0.25) is 5.91 Å². The summed E-state index contributed by atoms with van der Waals surface area (Å²) >= 11 is 0. The number of rotatable bonds is 6. The quantitative estimate of drug-likeness (QED) is 0.545. The fraction of sp³-hybridized carbons (Fsp3) is 0.833. The monoisotopic (exact) mass is 261 g/mol. The first-order valence-electron chi connectivity index (χ1n) is 6.11. The molecule has 0 aliphatic heterocycles. The highest BCUT2D eigenvalue weighted by atomic mass is 16.4. The Balaban J connectivity index is 0. The van der Waals surface area contributed by atoms with Gasteiger partial charge in [0.15, 0.2) is 0 Å². The lowest BCUT2D eigenvalue weighted by Crippen LogP contribution is -2.37. The van der Waals surface area contributed by atoms with E-state index in [4.69, 9.17) is 22.3 Å². The van der Waals surface area contributed by atoms with Crippen molar-refractivity contribution in [2.24, 2.45) is 29.0 Å². The Morgan fingerprint density at radius 2 is 1.28 bits per heavy atom. The molecule has 7 N–H and O–H groups in total. The zero-order valence-electron chi connectivity index (χ0n) is 11.7. The predicted octanol–water partition coefficient (Wildman–Crippen LogP) is 0.290. The lowest BCUT2D eigenvalue weighted by Gasteiger charge is -2.08. The van der Waals surface area contributed by atoms with Crippen molar-refractivity contribution >= 4 is 11.9 Å². The fourth-order valence-electron chi connectivity index (χ4n) is 1.23. The molecule has 108 valence electrons. The van der Waals surface area contributed by atoms with Crippen molar-refractivity contribution in [3.05, 3.63) is 0 Å². The molecule has 0 aromatic rings. The summed E-state index contributed by atoms with van der Waals surface area (Å²) in [5.74, 6) is -0.531. The van der Waals surface area contributed by atoms with E-state index in [9.17, 15) is 9.59 Å². The molecule has 0 aromatic heterocycles. The van der Waals surface area contributed by atoms with Crippen molar-refractivity contribution in [1.29, 1.82) is 0 Å². The van der Waals surface area contributed by atoms with Gasteiger partial charge in [-0.15, -0.1) is 0 Å². The molecule has 18 heavy (non-hydrogen) atoms. The number of hydrogen-bond donors (Lipinski definition) is 4. The lowest BCUT2D eigenvalue weighted by molar-refractivity contribution is -0.138. The minimum atomic E-state index is -0.913. The zero-order chi connectivity index (χ0) is 14.9. The highest BCUT2D eigenvalue weighted by Crippen LogP contribution is 2.02. The van der Waals surface area contributed by atoms with Crippen LogP contribution in [0.25, 0.3) is 0 Å². The van der Waals surface area contributed by atoms with Crippen molar-refractivity contribution in [3.63, 3.8) is 0 Å². The van der Waals surface area contributed by atoms with Crippen molar-refractivity contribution in [3.8, 4) is 0 Å². The van der Waals surface area contributed by atoms with Crippen molar-refractivity contribution in [2.45, 2.75) is 52.6 Å². The van der Waals surface area contributed by atoms with E-state index in [0.29, 0.717) is 24.7 Å². The summed E-state index contributed by atoms with van der Waals surface area (Å²) in [5.41, 5.74) is 15.5. The normalized spacial score (nSPS) is 13.8. The minimum Gasteiger partial charge on any atom is -0.480 e. The predicted molar refractivity (Wildman–Crippen MR) is 71.7 cm³/mol. The van der Waals surface area contributed by atoms with Gasteiger partial charge in [0.25, 0.3) is 0 Å². The Morgan fingerprint density at radius 1 is 0.944 bits per heavy atom. The molecule has 1 amide bonds. The molecule has 0 fully saturated rings. The molecular formula is C12H27N3O3. The van der Waals surface area contributed by atoms with Gasteiger partial charge in [-0.2, -0.15) is 0 Å². The molecule has 6 nitrogen and oxygen atoms in total. The van der Waals surface area contributed by atoms with E-state index in [1.807, 2.05) is 27.7 Å². The molecule has 0 spiro atoms. The summed E-state index contributed by atoms with van der Waals surface area (Å²) in [6.07, 6.45) is 1.23.